The summed E-state index contributed by atoms with van der Waals surface area (Å²) in [6, 6.07) is 15.4. The number of nitrogens with zero attached hydrogens (tertiary/aromatic N) is 1. The summed E-state index contributed by atoms with van der Waals surface area (Å²) in [4.78, 5) is 2.29. The van der Waals surface area contributed by atoms with E-state index >= 15 is 0 Å². The highest BCUT2D eigenvalue weighted by Gasteiger charge is 2.09. The summed E-state index contributed by atoms with van der Waals surface area (Å²) in [6.07, 6.45) is 0. The maximum Gasteiger partial charge on any atom is 0.0240 e. The first-order valence-electron chi connectivity index (χ1n) is 6.09. The van der Waals surface area contributed by atoms with Crippen molar-refractivity contribution in [1.82, 2.24) is 4.90 Å². The molecule has 2 aromatic carbocycles. The second kappa shape index (κ2) is 5.30. The number of fused-ring (bicyclic) bond motifs is 1. The Balaban J connectivity index is 2.30. The Morgan fingerprint density at radius 1 is 1.12 bits per heavy atom. The molecule has 2 aromatic rings. The van der Waals surface area contributed by atoms with E-state index in [1.807, 2.05) is 0 Å². The Labute approximate surface area is 103 Å². The molecule has 90 valence electrons. The zero-order valence-corrected chi connectivity index (χ0v) is 10.6. The fourth-order valence-electron chi connectivity index (χ4n) is 2.03. The van der Waals surface area contributed by atoms with E-state index in [1.54, 1.807) is 0 Å². The summed E-state index contributed by atoms with van der Waals surface area (Å²) >= 11 is 0. The molecule has 1 unspecified atom stereocenters. The van der Waals surface area contributed by atoms with Gasteiger partial charge in [-0.05, 0) is 30.3 Å². The first-order valence-corrected chi connectivity index (χ1v) is 6.09. The van der Waals surface area contributed by atoms with Gasteiger partial charge >= 0.3 is 0 Å². The van der Waals surface area contributed by atoms with Crippen molar-refractivity contribution in [3.63, 3.8) is 0 Å². The zero-order chi connectivity index (χ0) is 12.3. The van der Waals surface area contributed by atoms with Gasteiger partial charge in [0.15, 0.2) is 0 Å². The smallest absolute Gasteiger partial charge is 0.0240 e. The van der Waals surface area contributed by atoms with Gasteiger partial charge in [0.05, 0.1) is 0 Å². The minimum absolute atomic E-state index is 0.411. The SMILES string of the molecule is CC(CN)N(C)Cc1cccc2ccccc12. The van der Waals surface area contributed by atoms with E-state index in [0.717, 1.165) is 6.54 Å². The number of rotatable bonds is 4. The number of likely N-dealkylation sites (N-methyl/N-ethyl adjacent to an activating group) is 1. The molecule has 0 aromatic heterocycles. The number of nitrogens with two attached hydrogens (primary N) is 1. The van der Waals surface area contributed by atoms with E-state index in [2.05, 4.69) is 61.3 Å². The molecule has 0 amide bonds. The first-order chi connectivity index (χ1) is 8.22. The highest BCUT2D eigenvalue weighted by molar-refractivity contribution is 5.85. The third kappa shape index (κ3) is 2.65. The summed E-state index contributed by atoms with van der Waals surface area (Å²) in [5.41, 5.74) is 7.06. The van der Waals surface area contributed by atoms with Gasteiger partial charge in [-0.15, -0.1) is 0 Å². The van der Waals surface area contributed by atoms with Gasteiger partial charge in [0, 0.05) is 19.1 Å². The van der Waals surface area contributed by atoms with E-state index in [1.165, 1.54) is 16.3 Å². The predicted molar refractivity (Wildman–Crippen MR) is 73.9 cm³/mol. The van der Waals surface area contributed by atoms with Gasteiger partial charge in [0.2, 0.25) is 0 Å². The van der Waals surface area contributed by atoms with Gasteiger partial charge in [-0.3, -0.25) is 4.90 Å². The number of hydrogen-bond acceptors (Lipinski definition) is 2. The molecule has 2 rings (SSSR count). The lowest BCUT2D eigenvalue weighted by Crippen LogP contribution is -2.34. The monoisotopic (exact) mass is 228 g/mol. The van der Waals surface area contributed by atoms with Crippen LogP contribution in [0.4, 0.5) is 0 Å². The molecule has 0 aliphatic heterocycles. The third-order valence-corrected chi connectivity index (χ3v) is 3.39. The molecule has 0 fully saturated rings. The summed E-state index contributed by atoms with van der Waals surface area (Å²) in [6.45, 7) is 3.80. The Morgan fingerprint density at radius 2 is 1.82 bits per heavy atom. The van der Waals surface area contributed by atoms with E-state index in [4.69, 9.17) is 5.73 Å². The lowest BCUT2D eigenvalue weighted by atomic mass is 10.0. The molecule has 0 spiro atoms. The summed E-state index contributed by atoms with van der Waals surface area (Å²) in [5, 5.41) is 2.64. The Morgan fingerprint density at radius 3 is 2.59 bits per heavy atom. The fraction of sp³-hybridized carbons (Fsp3) is 0.333. The van der Waals surface area contributed by atoms with Crippen LogP contribution in [0.25, 0.3) is 10.8 Å². The minimum Gasteiger partial charge on any atom is -0.329 e. The Bertz CT molecular complexity index is 488. The van der Waals surface area contributed by atoms with Gasteiger partial charge < -0.3 is 5.73 Å². The van der Waals surface area contributed by atoms with Crippen molar-refractivity contribution in [1.29, 1.82) is 0 Å². The van der Waals surface area contributed by atoms with Crippen molar-refractivity contribution in [2.75, 3.05) is 13.6 Å². The van der Waals surface area contributed by atoms with E-state index in [9.17, 15) is 0 Å². The van der Waals surface area contributed by atoms with Crippen molar-refractivity contribution < 1.29 is 0 Å². The molecule has 17 heavy (non-hydrogen) atoms. The topological polar surface area (TPSA) is 29.3 Å². The average molecular weight is 228 g/mol. The fourth-order valence-corrected chi connectivity index (χ4v) is 2.03. The van der Waals surface area contributed by atoms with Crippen LogP contribution in [0.15, 0.2) is 42.5 Å². The van der Waals surface area contributed by atoms with Crippen LogP contribution in [0, 0.1) is 0 Å². The molecule has 0 bridgehead atoms. The number of benzene rings is 2. The van der Waals surface area contributed by atoms with Gasteiger partial charge in [0.25, 0.3) is 0 Å². The maximum absolute atomic E-state index is 5.70. The van der Waals surface area contributed by atoms with Crippen LogP contribution >= 0.6 is 0 Å². The van der Waals surface area contributed by atoms with Crippen LogP contribution < -0.4 is 5.73 Å². The molecule has 0 saturated carbocycles. The average Bonchev–Trinajstić information content (AvgIpc) is 2.38. The van der Waals surface area contributed by atoms with Crippen LogP contribution in [0.5, 0.6) is 0 Å². The van der Waals surface area contributed by atoms with Crippen molar-refractivity contribution in [3.8, 4) is 0 Å². The highest BCUT2D eigenvalue weighted by atomic mass is 15.1. The van der Waals surface area contributed by atoms with Crippen LogP contribution in [0.3, 0.4) is 0 Å². The Hall–Kier alpha value is -1.38. The second-order valence-electron chi connectivity index (χ2n) is 4.64. The second-order valence-corrected chi connectivity index (χ2v) is 4.64. The van der Waals surface area contributed by atoms with Gasteiger partial charge in [-0.1, -0.05) is 42.5 Å². The van der Waals surface area contributed by atoms with Crippen molar-refractivity contribution in [2.24, 2.45) is 5.73 Å². The van der Waals surface area contributed by atoms with Gasteiger partial charge in [0.1, 0.15) is 0 Å². The molecular weight excluding hydrogens is 208 g/mol. The molecule has 2 N–H and O–H groups in total. The molecule has 0 heterocycles. The number of hydrogen-bond donors (Lipinski definition) is 1. The summed E-state index contributed by atoms with van der Waals surface area (Å²) in [7, 11) is 2.12. The highest BCUT2D eigenvalue weighted by Crippen LogP contribution is 2.20. The third-order valence-electron chi connectivity index (χ3n) is 3.39. The molecule has 2 nitrogen and oxygen atoms in total. The molecule has 0 aliphatic rings. The standard InChI is InChI=1S/C15H20N2/c1-12(10-16)17(2)11-14-8-5-7-13-6-3-4-9-15(13)14/h3-9,12H,10-11,16H2,1-2H3. The maximum atomic E-state index is 5.70. The molecule has 2 heteroatoms. The summed E-state index contributed by atoms with van der Waals surface area (Å²) < 4.78 is 0. The Kier molecular flexibility index (Phi) is 3.77. The van der Waals surface area contributed by atoms with Crippen molar-refractivity contribution >= 4 is 10.8 Å². The van der Waals surface area contributed by atoms with Crippen molar-refractivity contribution in [3.05, 3.63) is 48.0 Å². The normalized spacial score (nSPS) is 13.2. The molecular formula is C15H20N2. The van der Waals surface area contributed by atoms with Crippen molar-refractivity contribution in [2.45, 2.75) is 19.5 Å². The van der Waals surface area contributed by atoms with E-state index < -0.39 is 0 Å². The quantitative estimate of drug-likeness (QED) is 0.871. The van der Waals surface area contributed by atoms with Crippen LogP contribution in [-0.2, 0) is 6.54 Å². The minimum atomic E-state index is 0.411. The first kappa shape index (κ1) is 12.1. The molecule has 0 aliphatic carbocycles. The van der Waals surface area contributed by atoms with Crippen LogP contribution in [0.1, 0.15) is 12.5 Å². The molecule has 1 atom stereocenters. The lowest BCUT2D eigenvalue weighted by molar-refractivity contribution is 0.255. The van der Waals surface area contributed by atoms with E-state index in [-0.39, 0.29) is 0 Å². The molecule has 0 radical (unpaired) electrons. The zero-order valence-electron chi connectivity index (χ0n) is 10.6. The van der Waals surface area contributed by atoms with Crippen LogP contribution in [-0.4, -0.2) is 24.5 Å². The summed E-state index contributed by atoms with van der Waals surface area (Å²) in [5.74, 6) is 0. The predicted octanol–water partition coefficient (Wildman–Crippen LogP) is 2.62. The van der Waals surface area contributed by atoms with Gasteiger partial charge in [-0.2, -0.15) is 0 Å². The van der Waals surface area contributed by atoms with Gasteiger partial charge in [-0.25, -0.2) is 0 Å². The lowest BCUT2D eigenvalue weighted by Gasteiger charge is -2.24. The largest absolute Gasteiger partial charge is 0.329 e. The molecule has 0 saturated heterocycles. The van der Waals surface area contributed by atoms with E-state index in [0.29, 0.717) is 12.6 Å². The van der Waals surface area contributed by atoms with Crippen LogP contribution in [0.2, 0.25) is 0 Å².